The molecule has 0 radical (unpaired) electrons. The lowest BCUT2D eigenvalue weighted by Gasteiger charge is -2.14. The van der Waals surface area contributed by atoms with Crippen molar-refractivity contribution in [1.29, 1.82) is 5.26 Å². The third-order valence-electron chi connectivity index (χ3n) is 6.72. The van der Waals surface area contributed by atoms with Gasteiger partial charge in [0.2, 0.25) is 5.75 Å². The van der Waals surface area contributed by atoms with Gasteiger partial charge in [0.25, 0.3) is 5.91 Å². The van der Waals surface area contributed by atoms with E-state index in [1.165, 1.54) is 39.7 Å². The summed E-state index contributed by atoms with van der Waals surface area (Å²) in [7, 11) is 4.36. The summed E-state index contributed by atoms with van der Waals surface area (Å²) in [4.78, 5) is 29.6. The molecule has 5 aromatic rings. The van der Waals surface area contributed by atoms with E-state index in [0.717, 1.165) is 0 Å². The number of amides is 1. The molecule has 1 amide bonds. The van der Waals surface area contributed by atoms with Gasteiger partial charge in [-0.25, -0.2) is 10.2 Å². The van der Waals surface area contributed by atoms with Crippen molar-refractivity contribution < 1.29 is 28.5 Å². The van der Waals surface area contributed by atoms with E-state index in [1.54, 1.807) is 54.6 Å². The number of aromatic nitrogens is 1. The van der Waals surface area contributed by atoms with Crippen molar-refractivity contribution in [2.45, 2.75) is 0 Å². The van der Waals surface area contributed by atoms with Gasteiger partial charge >= 0.3 is 5.97 Å². The Morgan fingerprint density at radius 2 is 1.61 bits per heavy atom. The number of nitriles is 1. The number of hydrogen-bond acceptors (Lipinski definition) is 8. The molecular formula is C33H25ClN4O6. The highest BCUT2D eigenvalue weighted by molar-refractivity contribution is 6.34. The fourth-order valence-electron chi connectivity index (χ4n) is 4.68. The van der Waals surface area contributed by atoms with Gasteiger partial charge in [0, 0.05) is 27.1 Å². The van der Waals surface area contributed by atoms with Crippen LogP contribution in [-0.2, 0) is 0 Å². The zero-order valence-corrected chi connectivity index (χ0v) is 24.6. The maximum absolute atomic E-state index is 13.4. The number of halogens is 1. The Labute approximate surface area is 257 Å². The van der Waals surface area contributed by atoms with Crippen LogP contribution in [0.5, 0.6) is 23.0 Å². The first-order valence-electron chi connectivity index (χ1n) is 13.1. The van der Waals surface area contributed by atoms with Crippen LogP contribution in [0.15, 0.2) is 84.0 Å². The first-order chi connectivity index (χ1) is 21.4. The Morgan fingerprint density at radius 3 is 2.30 bits per heavy atom. The van der Waals surface area contributed by atoms with Crippen LogP contribution in [0.2, 0.25) is 5.02 Å². The number of nitrogens with zero attached hydrogens (tertiary/aromatic N) is 2. The Morgan fingerprint density at radius 1 is 0.909 bits per heavy atom. The van der Waals surface area contributed by atoms with Crippen LogP contribution in [-0.4, -0.2) is 44.4 Å². The highest BCUT2D eigenvalue weighted by Crippen LogP contribution is 2.39. The Bertz CT molecular complexity index is 1940. The summed E-state index contributed by atoms with van der Waals surface area (Å²) in [5, 5.41) is 14.8. The van der Waals surface area contributed by atoms with Crippen LogP contribution in [0.4, 0.5) is 0 Å². The van der Waals surface area contributed by atoms with E-state index in [0.29, 0.717) is 55.4 Å². The SMILES string of the molecule is COc1cc(C(=O)Oc2ccccc2C=NNC(=O)c2[nH]c3c(C#N)cccc3c2-c2ccccc2Cl)cc(OC)c1OC. The van der Waals surface area contributed by atoms with Crippen LogP contribution < -0.4 is 24.4 Å². The molecule has 0 unspecified atom stereocenters. The number of hydrazone groups is 1. The predicted molar refractivity (Wildman–Crippen MR) is 166 cm³/mol. The largest absolute Gasteiger partial charge is 0.493 e. The van der Waals surface area contributed by atoms with Gasteiger partial charge < -0.3 is 23.9 Å². The van der Waals surface area contributed by atoms with Gasteiger partial charge in [0.1, 0.15) is 17.5 Å². The van der Waals surface area contributed by atoms with Crippen molar-refractivity contribution in [2.24, 2.45) is 5.10 Å². The summed E-state index contributed by atoms with van der Waals surface area (Å²) >= 11 is 6.50. The molecule has 2 N–H and O–H groups in total. The van der Waals surface area contributed by atoms with Crippen molar-refractivity contribution in [3.05, 3.63) is 106 Å². The van der Waals surface area contributed by atoms with E-state index in [9.17, 15) is 14.9 Å². The number of carbonyl (C=O) groups excluding carboxylic acids is 2. The molecule has 10 nitrogen and oxygen atoms in total. The lowest BCUT2D eigenvalue weighted by Crippen LogP contribution is -2.19. The summed E-state index contributed by atoms with van der Waals surface area (Å²) in [6.45, 7) is 0. The number of carbonyl (C=O) groups is 2. The molecule has 0 atom stereocenters. The zero-order valence-electron chi connectivity index (χ0n) is 23.8. The van der Waals surface area contributed by atoms with E-state index in [1.807, 2.05) is 12.1 Å². The van der Waals surface area contributed by atoms with Crippen molar-refractivity contribution in [3.8, 4) is 40.2 Å². The summed E-state index contributed by atoms with van der Waals surface area (Å²) in [5.41, 5.74) is 5.32. The van der Waals surface area contributed by atoms with E-state index in [4.69, 9.17) is 30.5 Å². The number of ether oxygens (including phenoxy) is 4. The molecule has 0 saturated carbocycles. The third kappa shape index (κ3) is 5.77. The number of aromatic amines is 1. The monoisotopic (exact) mass is 608 g/mol. The fraction of sp³-hybridized carbons (Fsp3) is 0.0909. The molecule has 0 bridgehead atoms. The van der Waals surface area contributed by atoms with Gasteiger partial charge in [-0.3, -0.25) is 4.79 Å². The molecular weight excluding hydrogens is 584 g/mol. The molecule has 0 aliphatic carbocycles. The minimum atomic E-state index is -0.676. The number of methoxy groups -OCH3 is 3. The quantitative estimate of drug-likeness (QED) is 0.0859. The van der Waals surface area contributed by atoms with Crippen molar-refractivity contribution in [2.75, 3.05) is 21.3 Å². The van der Waals surface area contributed by atoms with Gasteiger partial charge in [-0.05, 0) is 36.4 Å². The van der Waals surface area contributed by atoms with Gasteiger partial charge in [-0.15, -0.1) is 0 Å². The third-order valence-corrected chi connectivity index (χ3v) is 7.05. The highest BCUT2D eigenvalue weighted by Gasteiger charge is 2.22. The summed E-state index contributed by atoms with van der Waals surface area (Å²) in [6, 6.07) is 24.1. The van der Waals surface area contributed by atoms with E-state index >= 15 is 0 Å². The van der Waals surface area contributed by atoms with Crippen molar-refractivity contribution in [1.82, 2.24) is 10.4 Å². The summed E-state index contributed by atoms with van der Waals surface area (Å²) < 4.78 is 21.6. The second-order valence-corrected chi connectivity index (χ2v) is 9.64. The molecule has 0 fully saturated rings. The number of H-pyrrole nitrogens is 1. The molecule has 220 valence electrons. The molecule has 0 saturated heterocycles. The highest BCUT2D eigenvalue weighted by atomic mass is 35.5. The minimum Gasteiger partial charge on any atom is -0.493 e. The standard InChI is InChI=1S/C33H25ClN4O6/c1-41-26-15-21(16-27(42-2)31(26)43-3)33(40)44-25-14-7-4-9-20(25)18-36-38-32(39)30-28(22-11-5-6-13-24(22)34)23-12-8-10-19(17-35)29(23)37-30/h4-16,18,37H,1-3H3,(H,38,39). The van der Waals surface area contributed by atoms with E-state index < -0.39 is 11.9 Å². The second kappa shape index (κ2) is 13.0. The molecule has 11 heteroatoms. The fourth-order valence-corrected chi connectivity index (χ4v) is 4.91. The summed E-state index contributed by atoms with van der Waals surface area (Å²) in [5.74, 6) is -0.109. The number of hydrogen-bond donors (Lipinski definition) is 2. The van der Waals surface area contributed by atoms with Gasteiger partial charge in [0.15, 0.2) is 11.5 Å². The van der Waals surface area contributed by atoms with Crippen LogP contribution in [0.1, 0.15) is 32.0 Å². The minimum absolute atomic E-state index is 0.169. The predicted octanol–water partition coefficient (Wildman–Crippen LogP) is 6.37. The number of benzene rings is 4. The maximum atomic E-state index is 13.4. The van der Waals surface area contributed by atoms with Gasteiger partial charge in [0.05, 0.1) is 44.2 Å². The lowest BCUT2D eigenvalue weighted by molar-refractivity contribution is 0.0733. The first-order valence-corrected chi connectivity index (χ1v) is 13.5. The molecule has 4 aromatic carbocycles. The number of esters is 1. The van der Waals surface area contributed by atoms with Gasteiger partial charge in [-0.1, -0.05) is 54.1 Å². The molecule has 44 heavy (non-hydrogen) atoms. The molecule has 0 aliphatic rings. The zero-order chi connectivity index (χ0) is 31.2. The Kier molecular flexibility index (Phi) is 8.79. The molecule has 1 heterocycles. The molecule has 5 rings (SSSR count). The Hall–Kier alpha value is -5.79. The number of fused-ring (bicyclic) bond motifs is 1. The smallest absolute Gasteiger partial charge is 0.343 e. The van der Waals surface area contributed by atoms with Crippen LogP contribution in [0.3, 0.4) is 0 Å². The molecule has 0 aliphatic heterocycles. The number of nitrogens with one attached hydrogen (secondary N) is 2. The normalized spacial score (nSPS) is 10.8. The molecule has 1 aromatic heterocycles. The maximum Gasteiger partial charge on any atom is 0.343 e. The van der Waals surface area contributed by atoms with Crippen LogP contribution in [0.25, 0.3) is 22.0 Å². The average Bonchev–Trinajstić information content (AvgIpc) is 3.44. The first kappa shape index (κ1) is 29.7. The second-order valence-electron chi connectivity index (χ2n) is 9.24. The van der Waals surface area contributed by atoms with Gasteiger partial charge in [-0.2, -0.15) is 10.4 Å². The number of para-hydroxylation sites is 2. The van der Waals surface area contributed by atoms with Crippen LogP contribution in [0, 0.1) is 11.3 Å². The van der Waals surface area contributed by atoms with Crippen molar-refractivity contribution >= 4 is 40.6 Å². The Balaban J connectivity index is 1.42. The summed E-state index contributed by atoms with van der Waals surface area (Å²) in [6.07, 6.45) is 1.36. The van der Waals surface area contributed by atoms with Crippen LogP contribution >= 0.6 is 11.6 Å². The average molecular weight is 609 g/mol. The topological polar surface area (TPSA) is 135 Å². The molecule has 0 spiro atoms. The lowest BCUT2D eigenvalue weighted by atomic mass is 10.0. The van der Waals surface area contributed by atoms with Crippen molar-refractivity contribution in [3.63, 3.8) is 0 Å². The number of rotatable bonds is 9. The van der Waals surface area contributed by atoms with E-state index in [2.05, 4.69) is 21.6 Å². The van der Waals surface area contributed by atoms with E-state index in [-0.39, 0.29) is 17.0 Å².